The molecule has 0 radical (unpaired) electrons. The van der Waals surface area contributed by atoms with Gasteiger partial charge in [-0.25, -0.2) is 9.97 Å². The first kappa shape index (κ1) is 10.3. The van der Waals surface area contributed by atoms with E-state index in [2.05, 4.69) is 20.4 Å². The predicted octanol–water partition coefficient (Wildman–Crippen LogP) is 0.870. The van der Waals surface area contributed by atoms with Gasteiger partial charge >= 0.3 is 0 Å². The lowest BCUT2D eigenvalue weighted by Crippen LogP contribution is -2.15. The highest BCUT2D eigenvalue weighted by Crippen LogP contribution is 2.10. The maximum absolute atomic E-state index is 4.20. The predicted molar refractivity (Wildman–Crippen MR) is 58.4 cm³/mol. The third-order valence-corrected chi connectivity index (χ3v) is 2.97. The van der Waals surface area contributed by atoms with Gasteiger partial charge in [-0.1, -0.05) is 0 Å². The van der Waals surface area contributed by atoms with Crippen molar-refractivity contribution in [1.29, 1.82) is 0 Å². The molecule has 0 aliphatic rings. The smallest absolute Gasteiger partial charge is 0.140 e. The second kappa shape index (κ2) is 4.50. The van der Waals surface area contributed by atoms with E-state index in [-0.39, 0.29) is 0 Å². The van der Waals surface area contributed by atoms with Crippen molar-refractivity contribution in [3.8, 4) is 0 Å². The molecule has 5 nitrogen and oxygen atoms in total. The van der Waals surface area contributed by atoms with Gasteiger partial charge in [0, 0.05) is 24.7 Å². The molecule has 2 aromatic rings. The molecule has 80 valence electrons. The topological polar surface area (TPSA) is 55.6 Å². The van der Waals surface area contributed by atoms with E-state index in [1.165, 1.54) is 4.88 Å². The number of aromatic nitrogens is 4. The zero-order chi connectivity index (χ0) is 10.7. The molecule has 6 heteroatoms. The van der Waals surface area contributed by atoms with Gasteiger partial charge in [0.05, 0.1) is 11.6 Å². The molecule has 0 aliphatic carbocycles. The number of aryl methyl sites for hydroxylation is 2. The van der Waals surface area contributed by atoms with Gasteiger partial charge in [0.15, 0.2) is 0 Å². The average molecular weight is 223 g/mol. The Morgan fingerprint density at radius 2 is 2.27 bits per heavy atom. The van der Waals surface area contributed by atoms with E-state index in [9.17, 15) is 0 Å². The van der Waals surface area contributed by atoms with Crippen molar-refractivity contribution in [2.75, 3.05) is 0 Å². The summed E-state index contributed by atoms with van der Waals surface area (Å²) in [6.07, 6.45) is 3.47. The minimum absolute atomic E-state index is 0.730. The van der Waals surface area contributed by atoms with Crippen molar-refractivity contribution in [2.45, 2.75) is 20.0 Å². The van der Waals surface area contributed by atoms with E-state index < -0.39 is 0 Å². The van der Waals surface area contributed by atoms with Crippen LogP contribution in [-0.4, -0.2) is 19.7 Å². The molecule has 0 spiro atoms. The Balaban J connectivity index is 1.83. The van der Waals surface area contributed by atoms with Crippen LogP contribution in [0, 0.1) is 6.92 Å². The Bertz CT molecular complexity index is 433. The number of thiazole rings is 1. The summed E-state index contributed by atoms with van der Waals surface area (Å²) in [6.45, 7) is 3.57. The molecule has 0 fully saturated rings. The Morgan fingerprint density at radius 1 is 1.40 bits per heavy atom. The van der Waals surface area contributed by atoms with Gasteiger partial charge in [-0.05, 0) is 6.92 Å². The number of hydrogen-bond acceptors (Lipinski definition) is 5. The molecule has 0 amide bonds. The van der Waals surface area contributed by atoms with Crippen LogP contribution in [0.2, 0.25) is 0 Å². The Kier molecular flexibility index (Phi) is 3.08. The molecule has 0 saturated carbocycles. The maximum Gasteiger partial charge on any atom is 0.140 e. The lowest BCUT2D eigenvalue weighted by Gasteiger charge is -2.01. The fourth-order valence-electron chi connectivity index (χ4n) is 1.26. The van der Waals surface area contributed by atoms with Crippen LogP contribution in [0.4, 0.5) is 0 Å². The SMILES string of the molecule is Cc1ncc(CNCc2ncnn2C)s1. The normalized spacial score (nSPS) is 10.8. The fourth-order valence-corrected chi connectivity index (χ4v) is 2.03. The van der Waals surface area contributed by atoms with Crippen LogP contribution in [-0.2, 0) is 20.1 Å². The van der Waals surface area contributed by atoms with Crippen LogP contribution in [0.3, 0.4) is 0 Å². The molecule has 0 aliphatic heterocycles. The van der Waals surface area contributed by atoms with Gasteiger partial charge in [0.2, 0.25) is 0 Å². The highest BCUT2D eigenvalue weighted by molar-refractivity contribution is 7.11. The minimum Gasteiger partial charge on any atom is -0.305 e. The molecule has 2 heterocycles. The van der Waals surface area contributed by atoms with Gasteiger partial charge < -0.3 is 5.32 Å². The van der Waals surface area contributed by atoms with Gasteiger partial charge in [-0.3, -0.25) is 4.68 Å². The molecule has 2 aromatic heterocycles. The summed E-state index contributed by atoms with van der Waals surface area (Å²) in [7, 11) is 1.89. The quantitative estimate of drug-likeness (QED) is 0.835. The van der Waals surface area contributed by atoms with Crippen molar-refractivity contribution in [3.63, 3.8) is 0 Å². The fraction of sp³-hybridized carbons (Fsp3) is 0.444. The standard InChI is InChI=1S/C9H13N5S/c1-7-11-4-8(15-7)3-10-5-9-12-6-13-14(9)2/h4,6,10H,3,5H2,1-2H3. The first-order valence-electron chi connectivity index (χ1n) is 4.70. The van der Waals surface area contributed by atoms with Gasteiger partial charge in [0.25, 0.3) is 0 Å². The summed E-state index contributed by atoms with van der Waals surface area (Å²) in [5.74, 6) is 0.941. The Hall–Kier alpha value is -1.27. The summed E-state index contributed by atoms with van der Waals surface area (Å²) >= 11 is 1.71. The first-order valence-corrected chi connectivity index (χ1v) is 5.52. The largest absolute Gasteiger partial charge is 0.305 e. The summed E-state index contributed by atoms with van der Waals surface area (Å²) < 4.78 is 1.77. The molecule has 1 N–H and O–H groups in total. The molecule has 2 rings (SSSR count). The van der Waals surface area contributed by atoms with Crippen LogP contribution in [0.5, 0.6) is 0 Å². The minimum atomic E-state index is 0.730. The van der Waals surface area contributed by atoms with Crippen LogP contribution < -0.4 is 5.32 Å². The van der Waals surface area contributed by atoms with Crippen molar-refractivity contribution in [2.24, 2.45) is 7.05 Å². The average Bonchev–Trinajstić information content (AvgIpc) is 2.77. The third kappa shape index (κ3) is 2.60. The lowest BCUT2D eigenvalue weighted by molar-refractivity contribution is 0.617. The molecule has 0 bridgehead atoms. The zero-order valence-corrected chi connectivity index (χ0v) is 9.58. The zero-order valence-electron chi connectivity index (χ0n) is 8.77. The summed E-state index contributed by atoms with van der Waals surface area (Å²) in [5.41, 5.74) is 0. The first-order chi connectivity index (χ1) is 7.25. The number of rotatable bonds is 4. The van der Waals surface area contributed by atoms with Gasteiger partial charge in [-0.2, -0.15) is 5.10 Å². The van der Waals surface area contributed by atoms with E-state index in [4.69, 9.17) is 0 Å². The van der Waals surface area contributed by atoms with Crippen molar-refractivity contribution < 1.29 is 0 Å². The van der Waals surface area contributed by atoms with Crippen LogP contribution in [0.15, 0.2) is 12.5 Å². The second-order valence-electron chi connectivity index (χ2n) is 3.25. The Labute approximate surface area is 92.2 Å². The third-order valence-electron chi connectivity index (χ3n) is 2.06. The number of nitrogens with zero attached hydrogens (tertiary/aromatic N) is 4. The van der Waals surface area contributed by atoms with Gasteiger partial charge in [0.1, 0.15) is 12.2 Å². The molecule has 0 unspecified atom stereocenters. The van der Waals surface area contributed by atoms with E-state index in [0.717, 1.165) is 23.9 Å². The molecular formula is C9H13N5S. The Morgan fingerprint density at radius 3 is 2.87 bits per heavy atom. The monoisotopic (exact) mass is 223 g/mol. The summed E-state index contributed by atoms with van der Waals surface area (Å²) in [5, 5.41) is 8.41. The van der Waals surface area contributed by atoms with Crippen LogP contribution in [0.25, 0.3) is 0 Å². The van der Waals surface area contributed by atoms with Gasteiger partial charge in [-0.15, -0.1) is 11.3 Å². The molecule has 0 aromatic carbocycles. The summed E-state index contributed by atoms with van der Waals surface area (Å²) in [6, 6.07) is 0. The molecule has 0 atom stereocenters. The lowest BCUT2D eigenvalue weighted by atomic mass is 10.5. The van der Waals surface area contributed by atoms with Crippen LogP contribution in [0.1, 0.15) is 15.7 Å². The molecule has 15 heavy (non-hydrogen) atoms. The number of hydrogen-bond donors (Lipinski definition) is 1. The van der Waals surface area contributed by atoms with Crippen molar-refractivity contribution in [3.05, 3.63) is 28.2 Å². The van der Waals surface area contributed by atoms with E-state index in [1.807, 2.05) is 20.2 Å². The number of nitrogens with one attached hydrogen (secondary N) is 1. The molecular weight excluding hydrogens is 210 g/mol. The van der Waals surface area contributed by atoms with Crippen molar-refractivity contribution in [1.82, 2.24) is 25.1 Å². The van der Waals surface area contributed by atoms with Crippen LogP contribution >= 0.6 is 11.3 Å². The molecule has 0 saturated heterocycles. The van der Waals surface area contributed by atoms with E-state index in [1.54, 1.807) is 22.3 Å². The highest BCUT2D eigenvalue weighted by atomic mass is 32.1. The second-order valence-corrected chi connectivity index (χ2v) is 4.57. The van der Waals surface area contributed by atoms with Crippen molar-refractivity contribution >= 4 is 11.3 Å². The highest BCUT2D eigenvalue weighted by Gasteiger charge is 2.01. The van der Waals surface area contributed by atoms with E-state index >= 15 is 0 Å². The summed E-state index contributed by atoms with van der Waals surface area (Å²) in [4.78, 5) is 9.57. The van der Waals surface area contributed by atoms with E-state index in [0.29, 0.717) is 0 Å². The maximum atomic E-state index is 4.20.